The van der Waals surface area contributed by atoms with E-state index in [4.69, 9.17) is 4.74 Å². The van der Waals surface area contributed by atoms with Crippen LogP contribution in [-0.2, 0) is 15.7 Å². The summed E-state index contributed by atoms with van der Waals surface area (Å²) in [7, 11) is 0. The minimum Gasteiger partial charge on any atom is -0.381 e. The van der Waals surface area contributed by atoms with E-state index in [-0.39, 0.29) is 11.8 Å². The lowest BCUT2D eigenvalue weighted by atomic mass is 9.98. The number of nitrogens with zero attached hydrogens (tertiary/aromatic N) is 2. The fourth-order valence-electron chi connectivity index (χ4n) is 3.25. The predicted octanol–water partition coefficient (Wildman–Crippen LogP) is 2.78. The third-order valence-corrected chi connectivity index (χ3v) is 4.72. The Bertz CT molecular complexity index is 560. The van der Waals surface area contributed by atoms with E-state index in [2.05, 4.69) is 0 Å². The molecule has 0 bridgehead atoms. The quantitative estimate of drug-likeness (QED) is 0.829. The number of amides is 1. The molecule has 2 saturated heterocycles. The van der Waals surface area contributed by atoms with Crippen LogP contribution in [0.25, 0.3) is 0 Å². The SMILES string of the molecule is O=C(C1CCOCC1)N1CCN(c2ccc(C(F)(F)F)cc2)CC1. The smallest absolute Gasteiger partial charge is 0.381 e. The van der Waals surface area contributed by atoms with Crippen LogP contribution in [0.5, 0.6) is 0 Å². The second-order valence-electron chi connectivity index (χ2n) is 6.24. The number of benzene rings is 1. The third kappa shape index (κ3) is 3.83. The highest BCUT2D eigenvalue weighted by molar-refractivity contribution is 5.79. The van der Waals surface area contributed by atoms with Gasteiger partial charge in [-0.3, -0.25) is 4.79 Å². The molecule has 3 rings (SSSR count). The normalized spacial score (nSPS) is 20.3. The van der Waals surface area contributed by atoms with Gasteiger partial charge in [-0.05, 0) is 37.1 Å². The van der Waals surface area contributed by atoms with Crippen molar-refractivity contribution in [2.24, 2.45) is 5.92 Å². The monoisotopic (exact) mass is 342 g/mol. The maximum Gasteiger partial charge on any atom is 0.416 e. The maximum absolute atomic E-state index is 12.6. The molecule has 0 N–H and O–H groups in total. The molecule has 2 aliphatic heterocycles. The lowest BCUT2D eigenvalue weighted by molar-refractivity contribution is -0.139. The molecule has 0 aliphatic carbocycles. The lowest BCUT2D eigenvalue weighted by Crippen LogP contribution is -2.51. The number of carbonyl (C=O) groups is 1. The van der Waals surface area contributed by atoms with Crippen molar-refractivity contribution in [3.05, 3.63) is 29.8 Å². The van der Waals surface area contributed by atoms with Gasteiger partial charge in [-0.25, -0.2) is 0 Å². The summed E-state index contributed by atoms with van der Waals surface area (Å²) >= 11 is 0. The van der Waals surface area contributed by atoms with Crippen molar-refractivity contribution in [3.63, 3.8) is 0 Å². The van der Waals surface area contributed by atoms with Crippen LogP contribution in [0, 0.1) is 5.92 Å². The van der Waals surface area contributed by atoms with E-state index < -0.39 is 11.7 Å². The van der Waals surface area contributed by atoms with Gasteiger partial charge in [-0.15, -0.1) is 0 Å². The number of carbonyl (C=O) groups excluding carboxylic acids is 1. The Morgan fingerprint density at radius 2 is 1.58 bits per heavy atom. The van der Waals surface area contributed by atoms with Gasteiger partial charge in [0.15, 0.2) is 0 Å². The highest BCUT2D eigenvalue weighted by atomic mass is 19.4. The first-order valence-corrected chi connectivity index (χ1v) is 8.24. The standard InChI is InChI=1S/C17H21F3N2O2/c18-17(19,20)14-1-3-15(4-2-14)21-7-9-22(10-8-21)16(23)13-5-11-24-12-6-13/h1-4,13H,5-12H2. The number of halogens is 3. The summed E-state index contributed by atoms with van der Waals surface area (Å²) < 4.78 is 43.1. The van der Waals surface area contributed by atoms with E-state index in [1.807, 2.05) is 9.80 Å². The number of anilines is 1. The van der Waals surface area contributed by atoms with Gasteiger partial charge in [0.25, 0.3) is 0 Å². The molecule has 2 aliphatic rings. The summed E-state index contributed by atoms with van der Waals surface area (Å²) in [5, 5.41) is 0. The van der Waals surface area contributed by atoms with Gasteiger partial charge in [-0.1, -0.05) is 0 Å². The molecule has 0 unspecified atom stereocenters. The van der Waals surface area contributed by atoms with Crippen molar-refractivity contribution in [3.8, 4) is 0 Å². The molecule has 4 nitrogen and oxygen atoms in total. The molecule has 7 heteroatoms. The number of hydrogen-bond donors (Lipinski definition) is 0. The van der Waals surface area contributed by atoms with Crippen LogP contribution in [0.1, 0.15) is 18.4 Å². The summed E-state index contributed by atoms with van der Waals surface area (Å²) in [6.07, 6.45) is -2.76. The summed E-state index contributed by atoms with van der Waals surface area (Å²) in [5.74, 6) is 0.238. The van der Waals surface area contributed by atoms with Crippen LogP contribution in [-0.4, -0.2) is 50.2 Å². The highest BCUT2D eigenvalue weighted by Crippen LogP contribution is 2.30. The Morgan fingerprint density at radius 3 is 2.12 bits per heavy atom. The van der Waals surface area contributed by atoms with E-state index in [0.717, 1.165) is 30.7 Å². The van der Waals surface area contributed by atoms with Crippen LogP contribution in [0.15, 0.2) is 24.3 Å². The zero-order valence-electron chi connectivity index (χ0n) is 13.4. The van der Waals surface area contributed by atoms with Gasteiger partial charge in [0.05, 0.1) is 5.56 Å². The van der Waals surface area contributed by atoms with Crippen LogP contribution in [0.3, 0.4) is 0 Å². The van der Waals surface area contributed by atoms with Gasteiger partial charge >= 0.3 is 6.18 Å². The number of ether oxygens (including phenoxy) is 1. The Labute approximate surface area is 139 Å². The molecule has 1 amide bonds. The van der Waals surface area contributed by atoms with Crippen molar-refractivity contribution in [1.29, 1.82) is 0 Å². The second kappa shape index (κ2) is 7.01. The van der Waals surface area contributed by atoms with Crippen LogP contribution in [0.2, 0.25) is 0 Å². The van der Waals surface area contributed by atoms with E-state index in [9.17, 15) is 18.0 Å². The highest BCUT2D eigenvalue weighted by Gasteiger charge is 2.31. The van der Waals surface area contributed by atoms with Gasteiger partial charge in [0, 0.05) is 51.0 Å². The van der Waals surface area contributed by atoms with E-state index in [0.29, 0.717) is 39.4 Å². The van der Waals surface area contributed by atoms with Gasteiger partial charge < -0.3 is 14.5 Å². The molecule has 132 valence electrons. The molecule has 0 spiro atoms. The first-order valence-electron chi connectivity index (χ1n) is 8.24. The van der Waals surface area contributed by atoms with Gasteiger partial charge in [0.2, 0.25) is 5.91 Å². The van der Waals surface area contributed by atoms with Crippen molar-refractivity contribution >= 4 is 11.6 Å². The molecule has 2 fully saturated rings. The molecular formula is C17H21F3N2O2. The zero-order chi connectivity index (χ0) is 17.2. The molecular weight excluding hydrogens is 321 g/mol. The number of alkyl halides is 3. The minimum atomic E-state index is -4.31. The van der Waals surface area contributed by atoms with Gasteiger partial charge in [0.1, 0.15) is 0 Å². The first-order chi connectivity index (χ1) is 11.4. The van der Waals surface area contributed by atoms with Crippen LogP contribution < -0.4 is 4.90 Å². The minimum absolute atomic E-state index is 0.0522. The fourth-order valence-corrected chi connectivity index (χ4v) is 3.25. The van der Waals surface area contributed by atoms with E-state index in [1.54, 1.807) is 0 Å². The summed E-state index contributed by atoms with van der Waals surface area (Å²) in [6.45, 7) is 3.78. The number of hydrogen-bond acceptors (Lipinski definition) is 3. The Balaban J connectivity index is 1.55. The average Bonchev–Trinajstić information content (AvgIpc) is 2.61. The third-order valence-electron chi connectivity index (χ3n) is 4.72. The predicted molar refractivity (Wildman–Crippen MR) is 83.8 cm³/mol. The number of piperazine rings is 1. The molecule has 0 radical (unpaired) electrons. The Kier molecular flexibility index (Phi) is 4.99. The van der Waals surface area contributed by atoms with E-state index in [1.165, 1.54) is 12.1 Å². The van der Waals surface area contributed by atoms with Crippen LogP contribution in [0.4, 0.5) is 18.9 Å². The molecule has 24 heavy (non-hydrogen) atoms. The van der Waals surface area contributed by atoms with Gasteiger partial charge in [-0.2, -0.15) is 13.2 Å². The molecule has 0 atom stereocenters. The molecule has 1 aromatic carbocycles. The maximum atomic E-state index is 12.6. The van der Waals surface area contributed by atoms with Crippen molar-refractivity contribution < 1.29 is 22.7 Å². The lowest BCUT2D eigenvalue weighted by Gasteiger charge is -2.38. The topological polar surface area (TPSA) is 32.8 Å². The van der Waals surface area contributed by atoms with E-state index >= 15 is 0 Å². The van der Waals surface area contributed by atoms with Crippen LogP contribution >= 0.6 is 0 Å². The first kappa shape index (κ1) is 17.1. The van der Waals surface area contributed by atoms with Crippen molar-refractivity contribution in [2.75, 3.05) is 44.3 Å². The van der Waals surface area contributed by atoms with Crippen molar-refractivity contribution in [2.45, 2.75) is 19.0 Å². The molecule has 2 heterocycles. The summed E-state index contributed by atoms with van der Waals surface area (Å²) in [4.78, 5) is 16.4. The summed E-state index contributed by atoms with van der Waals surface area (Å²) in [6, 6.07) is 5.21. The van der Waals surface area contributed by atoms with Crippen molar-refractivity contribution in [1.82, 2.24) is 4.90 Å². The Hall–Kier alpha value is -1.76. The molecule has 1 aromatic rings. The Morgan fingerprint density at radius 1 is 1.00 bits per heavy atom. The molecule has 0 aromatic heterocycles. The fraction of sp³-hybridized carbons (Fsp3) is 0.588. The average molecular weight is 342 g/mol. The molecule has 0 saturated carbocycles. The number of rotatable bonds is 2. The largest absolute Gasteiger partial charge is 0.416 e. The summed E-state index contributed by atoms with van der Waals surface area (Å²) in [5.41, 5.74) is 0.126. The zero-order valence-corrected chi connectivity index (χ0v) is 13.4. The second-order valence-corrected chi connectivity index (χ2v) is 6.24.